The number of aromatic nitrogens is 4. The molecule has 80 valence electrons. The van der Waals surface area contributed by atoms with Crippen LogP contribution in [0.15, 0.2) is 12.7 Å². The van der Waals surface area contributed by atoms with Gasteiger partial charge < -0.3 is 15.4 Å². The van der Waals surface area contributed by atoms with Gasteiger partial charge in [0.1, 0.15) is 11.8 Å². The normalized spacial score (nSPS) is 13.2. The van der Waals surface area contributed by atoms with E-state index in [9.17, 15) is 5.11 Å². The molecule has 2 heterocycles. The van der Waals surface area contributed by atoms with E-state index in [2.05, 4.69) is 30.9 Å². The van der Waals surface area contributed by atoms with Gasteiger partial charge in [0.15, 0.2) is 11.5 Å². The number of nitrogens with zero attached hydrogens (tertiary/aromatic N) is 4. The average Bonchev–Trinajstić information content (AvgIpc) is 2.63. The summed E-state index contributed by atoms with van der Waals surface area (Å²) in [5.74, 6) is 0.354. The molecule has 0 radical (unpaired) electrons. The number of halogens is 1. The van der Waals surface area contributed by atoms with Gasteiger partial charge in [-0.05, 0) is 0 Å². The number of rotatable bonds is 3. The zero-order valence-corrected chi connectivity index (χ0v) is 9.42. The largest absolute Gasteiger partial charge is 0.390 e. The summed E-state index contributed by atoms with van der Waals surface area (Å²) in [6.45, 7) is 0.429. The van der Waals surface area contributed by atoms with E-state index in [0.29, 0.717) is 28.9 Å². The standard InChI is InChI=1S/C8H10BrN5O/c9-1-5(15)2-14-4-13-6-7(10)11-3-12-8(6)14/h3-5,15H,1-2H2,(H2,10,11,12)/t5-/m1/s1. The van der Waals surface area contributed by atoms with Crippen LogP contribution in [0.2, 0.25) is 0 Å². The molecular formula is C8H10BrN5O. The molecule has 0 bridgehead atoms. The maximum Gasteiger partial charge on any atom is 0.165 e. The quantitative estimate of drug-likeness (QED) is 0.777. The molecule has 0 spiro atoms. The number of hydrogen-bond acceptors (Lipinski definition) is 5. The van der Waals surface area contributed by atoms with E-state index in [0.717, 1.165) is 0 Å². The minimum atomic E-state index is -0.474. The van der Waals surface area contributed by atoms with E-state index >= 15 is 0 Å². The molecule has 0 amide bonds. The van der Waals surface area contributed by atoms with Gasteiger partial charge >= 0.3 is 0 Å². The molecule has 0 saturated heterocycles. The molecule has 6 nitrogen and oxygen atoms in total. The molecule has 2 aromatic rings. The highest BCUT2D eigenvalue weighted by molar-refractivity contribution is 9.09. The molecule has 0 fully saturated rings. The first kappa shape index (κ1) is 10.3. The zero-order chi connectivity index (χ0) is 10.8. The van der Waals surface area contributed by atoms with E-state index in [1.54, 1.807) is 10.9 Å². The lowest BCUT2D eigenvalue weighted by molar-refractivity contribution is 0.180. The van der Waals surface area contributed by atoms with Crippen LogP contribution >= 0.6 is 15.9 Å². The number of nitrogens with two attached hydrogens (primary N) is 1. The van der Waals surface area contributed by atoms with Crippen molar-refractivity contribution in [3.8, 4) is 0 Å². The Balaban J connectivity index is 2.41. The average molecular weight is 272 g/mol. The maximum absolute atomic E-state index is 9.49. The predicted molar refractivity (Wildman–Crippen MR) is 59.5 cm³/mol. The Kier molecular flexibility index (Phi) is 2.83. The number of aliphatic hydroxyl groups is 1. The zero-order valence-electron chi connectivity index (χ0n) is 7.84. The van der Waals surface area contributed by atoms with Gasteiger partial charge in [0.05, 0.1) is 19.0 Å². The Labute approximate surface area is 94.3 Å². The topological polar surface area (TPSA) is 89.9 Å². The van der Waals surface area contributed by atoms with Crippen LogP contribution in [-0.2, 0) is 6.54 Å². The molecule has 0 aliphatic heterocycles. The third-order valence-corrected chi connectivity index (χ3v) is 2.76. The van der Waals surface area contributed by atoms with Crippen molar-refractivity contribution in [2.75, 3.05) is 11.1 Å². The highest BCUT2D eigenvalue weighted by Crippen LogP contribution is 2.14. The summed E-state index contributed by atoms with van der Waals surface area (Å²) < 4.78 is 1.75. The van der Waals surface area contributed by atoms with Crippen LogP contribution in [0, 0.1) is 0 Å². The van der Waals surface area contributed by atoms with E-state index in [4.69, 9.17) is 5.73 Å². The molecule has 2 aromatic heterocycles. The predicted octanol–water partition coefficient (Wildman–Crippen LogP) is 0.164. The summed E-state index contributed by atoms with van der Waals surface area (Å²) in [5.41, 5.74) is 6.84. The van der Waals surface area contributed by atoms with Gasteiger partial charge in [0, 0.05) is 5.33 Å². The summed E-state index contributed by atoms with van der Waals surface area (Å²) in [5, 5.41) is 10.00. The van der Waals surface area contributed by atoms with Gasteiger partial charge in [-0.2, -0.15) is 0 Å². The number of nitrogen functional groups attached to an aromatic ring is 1. The summed E-state index contributed by atoms with van der Waals surface area (Å²) in [6, 6.07) is 0. The van der Waals surface area contributed by atoms with Crippen LogP contribution in [0.25, 0.3) is 11.2 Å². The van der Waals surface area contributed by atoms with E-state index in [1.807, 2.05) is 0 Å². The molecule has 0 aromatic carbocycles. The molecule has 1 atom stereocenters. The SMILES string of the molecule is Nc1ncnc2c1ncn2C[C@H](O)CBr. The molecule has 7 heteroatoms. The molecule has 0 saturated carbocycles. The van der Waals surface area contributed by atoms with Crippen molar-refractivity contribution < 1.29 is 5.11 Å². The molecule has 15 heavy (non-hydrogen) atoms. The first-order valence-electron chi connectivity index (χ1n) is 4.37. The van der Waals surface area contributed by atoms with Gasteiger partial charge in [0.2, 0.25) is 0 Å². The maximum atomic E-state index is 9.49. The van der Waals surface area contributed by atoms with Crippen LogP contribution in [0.3, 0.4) is 0 Å². The lowest BCUT2D eigenvalue weighted by Gasteiger charge is -2.07. The minimum absolute atomic E-state index is 0.354. The second kappa shape index (κ2) is 4.11. The van der Waals surface area contributed by atoms with Gasteiger partial charge in [-0.1, -0.05) is 15.9 Å². The molecule has 0 unspecified atom stereocenters. The number of aliphatic hydroxyl groups excluding tert-OH is 1. The Morgan fingerprint density at radius 1 is 1.47 bits per heavy atom. The van der Waals surface area contributed by atoms with Crippen LogP contribution in [0.1, 0.15) is 0 Å². The van der Waals surface area contributed by atoms with Crippen LogP contribution in [0.4, 0.5) is 5.82 Å². The van der Waals surface area contributed by atoms with Crippen molar-refractivity contribution >= 4 is 32.9 Å². The summed E-state index contributed by atoms with van der Waals surface area (Å²) >= 11 is 3.20. The Bertz CT molecular complexity index is 471. The minimum Gasteiger partial charge on any atom is -0.390 e. The van der Waals surface area contributed by atoms with Crippen LogP contribution < -0.4 is 5.73 Å². The van der Waals surface area contributed by atoms with Crippen molar-refractivity contribution in [2.45, 2.75) is 12.6 Å². The van der Waals surface area contributed by atoms with Crippen molar-refractivity contribution in [3.05, 3.63) is 12.7 Å². The fraction of sp³-hybridized carbons (Fsp3) is 0.375. The fourth-order valence-electron chi connectivity index (χ4n) is 1.31. The summed E-state index contributed by atoms with van der Waals surface area (Å²) in [7, 11) is 0. The molecule has 3 N–H and O–H groups in total. The Hall–Kier alpha value is -1.21. The van der Waals surface area contributed by atoms with Crippen molar-refractivity contribution in [2.24, 2.45) is 0 Å². The van der Waals surface area contributed by atoms with Gasteiger partial charge in [-0.15, -0.1) is 0 Å². The lowest BCUT2D eigenvalue weighted by atomic mass is 10.4. The molecular weight excluding hydrogens is 262 g/mol. The lowest BCUT2D eigenvalue weighted by Crippen LogP contribution is -2.16. The highest BCUT2D eigenvalue weighted by Gasteiger charge is 2.10. The molecule has 0 aliphatic carbocycles. The fourth-order valence-corrected chi connectivity index (χ4v) is 1.51. The summed E-state index contributed by atoms with van der Waals surface area (Å²) in [4.78, 5) is 12.0. The van der Waals surface area contributed by atoms with Crippen molar-refractivity contribution in [1.82, 2.24) is 19.5 Å². The number of fused-ring (bicyclic) bond motifs is 1. The van der Waals surface area contributed by atoms with Crippen LogP contribution in [-0.4, -0.2) is 36.1 Å². The number of imidazole rings is 1. The molecule has 0 aliphatic rings. The van der Waals surface area contributed by atoms with Crippen molar-refractivity contribution in [1.29, 1.82) is 0 Å². The van der Waals surface area contributed by atoms with Crippen molar-refractivity contribution in [3.63, 3.8) is 0 Å². The van der Waals surface area contributed by atoms with Gasteiger partial charge in [-0.3, -0.25) is 0 Å². The number of anilines is 1. The van der Waals surface area contributed by atoms with Crippen LogP contribution in [0.5, 0.6) is 0 Å². The van der Waals surface area contributed by atoms with Gasteiger partial charge in [-0.25, -0.2) is 15.0 Å². The second-order valence-electron chi connectivity index (χ2n) is 3.14. The first-order valence-corrected chi connectivity index (χ1v) is 5.50. The highest BCUT2D eigenvalue weighted by atomic mass is 79.9. The Morgan fingerprint density at radius 3 is 3.00 bits per heavy atom. The third kappa shape index (κ3) is 1.93. The third-order valence-electron chi connectivity index (χ3n) is 2.02. The number of hydrogen-bond donors (Lipinski definition) is 2. The summed E-state index contributed by atoms with van der Waals surface area (Å²) in [6.07, 6.45) is 2.51. The van der Waals surface area contributed by atoms with E-state index in [-0.39, 0.29) is 0 Å². The van der Waals surface area contributed by atoms with Gasteiger partial charge in [0.25, 0.3) is 0 Å². The molecule has 2 rings (SSSR count). The van der Waals surface area contributed by atoms with E-state index < -0.39 is 6.10 Å². The monoisotopic (exact) mass is 271 g/mol. The first-order chi connectivity index (χ1) is 7.22. The second-order valence-corrected chi connectivity index (χ2v) is 3.78. The number of alkyl halides is 1. The van der Waals surface area contributed by atoms with E-state index in [1.165, 1.54) is 6.33 Å². The Morgan fingerprint density at radius 2 is 2.27 bits per heavy atom. The smallest absolute Gasteiger partial charge is 0.165 e.